The summed E-state index contributed by atoms with van der Waals surface area (Å²) < 4.78 is 0. The van der Waals surface area contributed by atoms with Crippen LogP contribution >= 0.6 is 11.3 Å². The zero-order chi connectivity index (χ0) is 16.5. The summed E-state index contributed by atoms with van der Waals surface area (Å²) in [6.45, 7) is 3.30. The highest BCUT2D eigenvalue weighted by molar-refractivity contribution is 7.15. The number of hydrogen-bond donors (Lipinski definition) is 2. The van der Waals surface area contributed by atoms with E-state index in [9.17, 15) is 4.79 Å². The minimum atomic E-state index is 0.117. The number of carbonyl (C=O) groups excluding carboxylic acids is 1. The predicted molar refractivity (Wildman–Crippen MR) is 96.3 cm³/mol. The summed E-state index contributed by atoms with van der Waals surface area (Å²) in [6, 6.07) is 10.1. The van der Waals surface area contributed by atoms with Crippen molar-refractivity contribution >= 4 is 17.2 Å². The van der Waals surface area contributed by atoms with Crippen LogP contribution in [0.25, 0.3) is 10.6 Å². The van der Waals surface area contributed by atoms with Crippen LogP contribution in [-0.4, -0.2) is 17.4 Å². The Labute approximate surface area is 142 Å². The molecule has 3 N–H and O–H groups in total. The van der Waals surface area contributed by atoms with Crippen LogP contribution < -0.4 is 11.1 Å². The number of carbonyl (C=O) groups is 1. The Hall–Kier alpha value is -1.72. The predicted octanol–water partition coefficient (Wildman–Crippen LogP) is 3.64. The number of benzene rings is 1. The van der Waals surface area contributed by atoms with Gasteiger partial charge in [-0.05, 0) is 26.3 Å². The Kier molecular flexibility index (Phi) is 7.23. The van der Waals surface area contributed by atoms with E-state index >= 15 is 0 Å². The fourth-order valence-corrected chi connectivity index (χ4v) is 3.35. The van der Waals surface area contributed by atoms with E-state index in [1.165, 1.54) is 0 Å². The molecule has 124 valence electrons. The third kappa shape index (κ3) is 5.77. The second-order valence-corrected chi connectivity index (χ2v) is 6.71. The van der Waals surface area contributed by atoms with E-state index in [4.69, 9.17) is 5.73 Å². The summed E-state index contributed by atoms with van der Waals surface area (Å²) in [5.74, 6) is 0.117. The molecule has 2 rings (SSSR count). The summed E-state index contributed by atoms with van der Waals surface area (Å²) >= 11 is 1.65. The second-order valence-electron chi connectivity index (χ2n) is 5.62. The SMILES string of the molecule is Cc1nc(-c2ccccc2)sc1CNC(=O)CCCCCCN. The van der Waals surface area contributed by atoms with Crippen LogP contribution in [-0.2, 0) is 11.3 Å². The van der Waals surface area contributed by atoms with Crippen molar-refractivity contribution in [1.29, 1.82) is 0 Å². The molecule has 0 fully saturated rings. The van der Waals surface area contributed by atoms with Gasteiger partial charge in [0.1, 0.15) is 5.01 Å². The molecule has 0 radical (unpaired) electrons. The van der Waals surface area contributed by atoms with Gasteiger partial charge in [0.15, 0.2) is 0 Å². The number of nitrogens with zero attached hydrogens (tertiary/aromatic N) is 1. The van der Waals surface area contributed by atoms with Crippen molar-refractivity contribution in [3.63, 3.8) is 0 Å². The van der Waals surface area contributed by atoms with Gasteiger partial charge in [-0.3, -0.25) is 4.79 Å². The van der Waals surface area contributed by atoms with Crippen LogP contribution in [0.1, 0.15) is 42.7 Å². The Morgan fingerprint density at radius 2 is 1.91 bits per heavy atom. The summed E-state index contributed by atoms with van der Waals surface area (Å²) in [6.07, 6.45) is 4.75. The van der Waals surface area contributed by atoms with Gasteiger partial charge in [-0.2, -0.15) is 0 Å². The largest absolute Gasteiger partial charge is 0.351 e. The number of rotatable bonds is 9. The van der Waals surface area contributed by atoms with Gasteiger partial charge < -0.3 is 11.1 Å². The lowest BCUT2D eigenvalue weighted by molar-refractivity contribution is -0.121. The Morgan fingerprint density at radius 1 is 1.17 bits per heavy atom. The summed E-state index contributed by atoms with van der Waals surface area (Å²) in [5.41, 5.74) is 7.58. The third-order valence-electron chi connectivity index (χ3n) is 3.72. The molecular weight excluding hydrogens is 306 g/mol. The first-order chi connectivity index (χ1) is 11.2. The Bertz CT molecular complexity index is 610. The third-order valence-corrected chi connectivity index (χ3v) is 4.92. The van der Waals surface area contributed by atoms with Crippen LogP contribution in [0.2, 0.25) is 0 Å². The van der Waals surface area contributed by atoms with Crippen molar-refractivity contribution < 1.29 is 4.79 Å². The minimum absolute atomic E-state index is 0.117. The van der Waals surface area contributed by atoms with Crippen molar-refractivity contribution in [3.8, 4) is 10.6 Å². The smallest absolute Gasteiger partial charge is 0.220 e. The first kappa shape index (κ1) is 17.6. The molecule has 0 saturated carbocycles. The monoisotopic (exact) mass is 331 g/mol. The maximum atomic E-state index is 11.9. The number of aromatic nitrogens is 1. The first-order valence-corrected chi connectivity index (χ1v) is 9.01. The molecule has 0 atom stereocenters. The number of nitrogens with one attached hydrogen (secondary N) is 1. The maximum Gasteiger partial charge on any atom is 0.220 e. The summed E-state index contributed by atoms with van der Waals surface area (Å²) in [4.78, 5) is 17.6. The van der Waals surface area contributed by atoms with E-state index in [1.54, 1.807) is 11.3 Å². The standard InChI is InChI=1S/C18H25N3OS/c1-14-16(13-20-17(22)11-7-2-3-8-12-19)23-18(21-14)15-9-5-4-6-10-15/h4-6,9-10H,2-3,7-8,11-13,19H2,1H3,(H,20,22). The molecule has 1 amide bonds. The number of nitrogens with two attached hydrogens (primary N) is 1. The second kappa shape index (κ2) is 9.43. The van der Waals surface area contributed by atoms with E-state index in [0.29, 0.717) is 13.0 Å². The number of amides is 1. The molecule has 5 heteroatoms. The highest BCUT2D eigenvalue weighted by Crippen LogP contribution is 2.27. The fourth-order valence-electron chi connectivity index (χ4n) is 2.35. The molecule has 0 aliphatic heterocycles. The zero-order valence-electron chi connectivity index (χ0n) is 13.7. The van der Waals surface area contributed by atoms with Crippen LogP contribution in [0.5, 0.6) is 0 Å². The molecule has 0 aliphatic carbocycles. The average molecular weight is 331 g/mol. The molecule has 1 heterocycles. The van der Waals surface area contributed by atoms with Crippen LogP contribution in [0.3, 0.4) is 0 Å². The molecule has 0 spiro atoms. The normalized spacial score (nSPS) is 10.7. The molecule has 0 saturated heterocycles. The van der Waals surface area contributed by atoms with Crippen molar-refractivity contribution in [2.45, 2.75) is 45.6 Å². The average Bonchev–Trinajstić information content (AvgIpc) is 2.94. The van der Waals surface area contributed by atoms with E-state index in [-0.39, 0.29) is 5.91 Å². The van der Waals surface area contributed by atoms with Gasteiger partial charge in [0.05, 0.1) is 12.2 Å². The van der Waals surface area contributed by atoms with Gasteiger partial charge in [-0.1, -0.05) is 43.2 Å². The molecule has 0 unspecified atom stereocenters. The van der Waals surface area contributed by atoms with Gasteiger partial charge in [0.25, 0.3) is 0 Å². The Balaban J connectivity index is 1.80. The quantitative estimate of drug-likeness (QED) is 0.689. The topological polar surface area (TPSA) is 68.0 Å². The van der Waals surface area contributed by atoms with Gasteiger partial charge in [-0.15, -0.1) is 11.3 Å². The lowest BCUT2D eigenvalue weighted by Crippen LogP contribution is -2.22. The molecular formula is C18H25N3OS. The molecule has 4 nitrogen and oxygen atoms in total. The van der Waals surface area contributed by atoms with Crippen LogP contribution in [0.15, 0.2) is 30.3 Å². The molecule has 1 aromatic heterocycles. The summed E-state index contributed by atoms with van der Waals surface area (Å²) in [7, 11) is 0. The fraction of sp³-hybridized carbons (Fsp3) is 0.444. The molecule has 0 aliphatic rings. The molecule has 0 bridgehead atoms. The zero-order valence-corrected chi connectivity index (χ0v) is 14.5. The van der Waals surface area contributed by atoms with Gasteiger partial charge in [-0.25, -0.2) is 4.98 Å². The van der Waals surface area contributed by atoms with Gasteiger partial charge in [0, 0.05) is 16.9 Å². The number of thiazole rings is 1. The summed E-state index contributed by atoms with van der Waals surface area (Å²) in [5, 5.41) is 4.01. The van der Waals surface area contributed by atoms with Crippen molar-refractivity contribution in [3.05, 3.63) is 40.9 Å². The number of aryl methyl sites for hydroxylation is 1. The minimum Gasteiger partial charge on any atom is -0.351 e. The number of hydrogen-bond acceptors (Lipinski definition) is 4. The highest BCUT2D eigenvalue weighted by Gasteiger charge is 2.10. The highest BCUT2D eigenvalue weighted by atomic mass is 32.1. The molecule has 1 aromatic carbocycles. The van der Waals surface area contributed by atoms with Crippen molar-refractivity contribution in [1.82, 2.24) is 10.3 Å². The lowest BCUT2D eigenvalue weighted by Gasteiger charge is -2.04. The van der Waals surface area contributed by atoms with E-state index in [2.05, 4.69) is 22.4 Å². The van der Waals surface area contributed by atoms with Crippen molar-refractivity contribution in [2.24, 2.45) is 5.73 Å². The maximum absolute atomic E-state index is 11.9. The molecule has 23 heavy (non-hydrogen) atoms. The van der Waals surface area contributed by atoms with Gasteiger partial charge >= 0.3 is 0 Å². The molecule has 2 aromatic rings. The lowest BCUT2D eigenvalue weighted by atomic mass is 10.1. The van der Waals surface area contributed by atoms with Crippen LogP contribution in [0, 0.1) is 6.92 Å². The first-order valence-electron chi connectivity index (χ1n) is 8.19. The van der Waals surface area contributed by atoms with Crippen LogP contribution in [0.4, 0.5) is 0 Å². The van der Waals surface area contributed by atoms with Gasteiger partial charge in [0.2, 0.25) is 5.91 Å². The van der Waals surface area contributed by atoms with E-state index in [1.807, 2.05) is 25.1 Å². The van der Waals surface area contributed by atoms with Crippen molar-refractivity contribution in [2.75, 3.05) is 6.54 Å². The van der Waals surface area contributed by atoms with E-state index < -0.39 is 0 Å². The number of unbranched alkanes of at least 4 members (excludes halogenated alkanes) is 3. The van der Waals surface area contributed by atoms with E-state index in [0.717, 1.165) is 53.4 Å². The Morgan fingerprint density at radius 3 is 2.65 bits per heavy atom.